The van der Waals surface area contributed by atoms with Crippen LogP contribution in [0.4, 0.5) is 0 Å². The molecular formula is C11H15NO3S. The predicted molar refractivity (Wildman–Crippen MR) is 62.3 cm³/mol. The van der Waals surface area contributed by atoms with E-state index in [1.54, 1.807) is 17.5 Å². The summed E-state index contributed by atoms with van der Waals surface area (Å²) in [7, 11) is 0. The fraction of sp³-hybridized carbons (Fsp3) is 0.455. The highest BCUT2D eigenvalue weighted by molar-refractivity contribution is 7.12. The van der Waals surface area contributed by atoms with Gasteiger partial charge in [-0.2, -0.15) is 0 Å². The van der Waals surface area contributed by atoms with Crippen molar-refractivity contribution in [3.8, 4) is 0 Å². The van der Waals surface area contributed by atoms with Gasteiger partial charge >= 0.3 is 0 Å². The molecule has 0 aliphatic carbocycles. The number of thiophene rings is 1. The van der Waals surface area contributed by atoms with Crippen LogP contribution in [0.3, 0.4) is 0 Å². The van der Waals surface area contributed by atoms with Gasteiger partial charge in [0, 0.05) is 6.42 Å². The fourth-order valence-corrected chi connectivity index (χ4v) is 1.89. The lowest BCUT2D eigenvalue weighted by Gasteiger charge is -2.11. The maximum Gasteiger partial charge on any atom is 0.222 e. The van der Waals surface area contributed by atoms with Crippen molar-refractivity contribution < 1.29 is 14.7 Å². The summed E-state index contributed by atoms with van der Waals surface area (Å²) in [5.41, 5.74) is 0. The Kier molecular flexibility index (Phi) is 4.64. The molecule has 1 atom stereocenters. The maximum absolute atomic E-state index is 11.6. The van der Waals surface area contributed by atoms with E-state index in [1.807, 2.05) is 13.8 Å². The van der Waals surface area contributed by atoms with Crippen molar-refractivity contribution >= 4 is 23.0 Å². The van der Waals surface area contributed by atoms with Gasteiger partial charge < -0.3 is 10.4 Å². The summed E-state index contributed by atoms with van der Waals surface area (Å²) in [6.45, 7) is 3.79. The van der Waals surface area contributed by atoms with Gasteiger partial charge in [0.05, 0.1) is 4.88 Å². The summed E-state index contributed by atoms with van der Waals surface area (Å²) in [6, 6.07) is 3.34. The number of Topliss-reactive ketones (excluding diaryl/α,β-unsaturated/α-hetero) is 1. The summed E-state index contributed by atoms with van der Waals surface area (Å²) in [5, 5.41) is 13.5. The van der Waals surface area contributed by atoms with Gasteiger partial charge in [-0.05, 0) is 17.4 Å². The molecule has 0 fully saturated rings. The van der Waals surface area contributed by atoms with Crippen molar-refractivity contribution in [2.24, 2.45) is 5.92 Å². The van der Waals surface area contributed by atoms with E-state index >= 15 is 0 Å². The lowest BCUT2D eigenvalue weighted by Crippen LogP contribution is -2.40. The second-order valence-corrected chi connectivity index (χ2v) is 4.86. The molecule has 88 valence electrons. The van der Waals surface area contributed by atoms with Crippen molar-refractivity contribution in [1.29, 1.82) is 0 Å². The van der Waals surface area contributed by atoms with E-state index in [-0.39, 0.29) is 11.8 Å². The Morgan fingerprint density at radius 3 is 2.69 bits per heavy atom. The largest absolute Gasteiger partial charge is 0.367 e. The van der Waals surface area contributed by atoms with Crippen LogP contribution in [0.5, 0.6) is 0 Å². The van der Waals surface area contributed by atoms with Crippen LogP contribution >= 0.6 is 11.3 Å². The number of hydrogen-bond acceptors (Lipinski definition) is 4. The van der Waals surface area contributed by atoms with E-state index in [2.05, 4.69) is 5.32 Å². The first-order chi connectivity index (χ1) is 7.50. The Hall–Kier alpha value is -1.20. The van der Waals surface area contributed by atoms with Crippen LogP contribution in [0, 0.1) is 5.92 Å². The number of aliphatic hydroxyl groups is 1. The Morgan fingerprint density at radius 2 is 2.19 bits per heavy atom. The van der Waals surface area contributed by atoms with Crippen LogP contribution in [0.1, 0.15) is 29.9 Å². The first-order valence-electron chi connectivity index (χ1n) is 5.06. The van der Waals surface area contributed by atoms with Gasteiger partial charge in [-0.3, -0.25) is 9.59 Å². The topological polar surface area (TPSA) is 66.4 Å². The van der Waals surface area contributed by atoms with E-state index in [4.69, 9.17) is 0 Å². The summed E-state index contributed by atoms with van der Waals surface area (Å²) in [5.74, 6) is -0.580. The number of rotatable bonds is 5. The molecule has 4 nitrogen and oxygen atoms in total. The average molecular weight is 241 g/mol. The summed E-state index contributed by atoms with van der Waals surface area (Å²) >= 11 is 1.24. The number of aliphatic hydroxyl groups excluding tert-OH is 1. The molecule has 2 N–H and O–H groups in total. The molecule has 0 aromatic carbocycles. The SMILES string of the molecule is CC(C)CC(=O)NC(O)C(=O)c1cccs1. The molecular weight excluding hydrogens is 226 g/mol. The van der Waals surface area contributed by atoms with E-state index < -0.39 is 12.0 Å². The molecule has 1 unspecified atom stereocenters. The Morgan fingerprint density at radius 1 is 1.50 bits per heavy atom. The molecule has 0 bridgehead atoms. The molecule has 1 rings (SSSR count). The first kappa shape index (κ1) is 12.9. The zero-order chi connectivity index (χ0) is 12.1. The lowest BCUT2D eigenvalue weighted by molar-refractivity contribution is -0.124. The van der Waals surface area contributed by atoms with Crippen molar-refractivity contribution in [1.82, 2.24) is 5.32 Å². The number of carbonyl (C=O) groups excluding carboxylic acids is 2. The summed E-state index contributed by atoms with van der Waals surface area (Å²) < 4.78 is 0. The van der Waals surface area contributed by atoms with Crippen LogP contribution in [0.2, 0.25) is 0 Å². The number of hydrogen-bond donors (Lipinski definition) is 2. The van der Waals surface area contributed by atoms with Gasteiger partial charge in [0.25, 0.3) is 0 Å². The van der Waals surface area contributed by atoms with Gasteiger partial charge in [0.15, 0.2) is 6.23 Å². The van der Waals surface area contributed by atoms with Gasteiger partial charge in [-0.25, -0.2) is 0 Å². The maximum atomic E-state index is 11.6. The standard InChI is InChI=1S/C11H15NO3S/c1-7(2)6-9(13)12-11(15)10(14)8-4-3-5-16-8/h3-5,7,11,15H,6H2,1-2H3,(H,12,13). The minimum atomic E-state index is -1.44. The number of carbonyl (C=O) groups is 2. The molecule has 0 aliphatic rings. The average Bonchev–Trinajstić information content (AvgIpc) is 2.67. The van der Waals surface area contributed by atoms with E-state index in [0.717, 1.165) is 0 Å². The van der Waals surface area contributed by atoms with Gasteiger partial charge in [0.1, 0.15) is 0 Å². The van der Waals surface area contributed by atoms with Crippen LogP contribution in [0.15, 0.2) is 17.5 Å². The summed E-state index contributed by atoms with van der Waals surface area (Å²) in [4.78, 5) is 23.3. The zero-order valence-electron chi connectivity index (χ0n) is 9.27. The highest BCUT2D eigenvalue weighted by Crippen LogP contribution is 2.10. The van der Waals surface area contributed by atoms with Crippen LogP contribution < -0.4 is 5.32 Å². The third-order valence-corrected chi connectivity index (χ3v) is 2.79. The zero-order valence-corrected chi connectivity index (χ0v) is 10.1. The normalized spacial score (nSPS) is 12.5. The molecule has 0 spiro atoms. The molecule has 16 heavy (non-hydrogen) atoms. The predicted octanol–water partition coefficient (Wildman–Crippen LogP) is 1.41. The van der Waals surface area contributed by atoms with Crippen molar-refractivity contribution in [3.63, 3.8) is 0 Å². The molecule has 1 aromatic heterocycles. The monoisotopic (exact) mass is 241 g/mol. The molecule has 1 heterocycles. The van der Waals surface area contributed by atoms with Gasteiger partial charge in [-0.15, -0.1) is 11.3 Å². The molecule has 0 aliphatic heterocycles. The Balaban J connectivity index is 2.49. The fourth-order valence-electron chi connectivity index (χ4n) is 1.20. The van der Waals surface area contributed by atoms with Crippen molar-refractivity contribution in [2.75, 3.05) is 0 Å². The third-order valence-electron chi connectivity index (χ3n) is 1.90. The molecule has 1 amide bonds. The van der Waals surface area contributed by atoms with E-state index in [0.29, 0.717) is 11.3 Å². The Bertz CT molecular complexity index is 359. The van der Waals surface area contributed by atoms with Crippen molar-refractivity contribution in [2.45, 2.75) is 26.5 Å². The number of amides is 1. The van der Waals surface area contributed by atoms with Gasteiger partial charge in [0.2, 0.25) is 11.7 Å². The van der Waals surface area contributed by atoms with E-state index in [9.17, 15) is 14.7 Å². The first-order valence-corrected chi connectivity index (χ1v) is 5.94. The molecule has 5 heteroatoms. The Labute approximate surface area is 98.3 Å². The second kappa shape index (κ2) is 5.77. The smallest absolute Gasteiger partial charge is 0.222 e. The van der Waals surface area contributed by atoms with Gasteiger partial charge in [-0.1, -0.05) is 19.9 Å². The quantitative estimate of drug-likeness (QED) is 0.605. The second-order valence-electron chi connectivity index (χ2n) is 3.91. The molecule has 1 aromatic rings. The summed E-state index contributed by atoms with van der Waals surface area (Å²) in [6.07, 6.45) is -1.14. The van der Waals surface area contributed by atoms with E-state index in [1.165, 1.54) is 11.3 Å². The molecule has 0 radical (unpaired) electrons. The molecule has 0 saturated carbocycles. The minimum absolute atomic E-state index is 0.198. The number of nitrogens with one attached hydrogen (secondary N) is 1. The minimum Gasteiger partial charge on any atom is -0.367 e. The highest BCUT2D eigenvalue weighted by atomic mass is 32.1. The third kappa shape index (κ3) is 3.75. The van der Waals surface area contributed by atoms with Crippen LogP contribution in [-0.2, 0) is 4.79 Å². The number of ketones is 1. The highest BCUT2D eigenvalue weighted by Gasteiger charge is 2.20. The lowest BCUT2D eigenvalue weighted by atomic mass is 10.1. The van der Waals surface area contributed by atoms with Crippen molar-refractivity contribution in [3.05, 3.63) is 22.4 Å². The molecule has 0 saturated heterocycles. The van der Waals surface area contributed by atoms with Crippen LogP contribution in [-0.4, -0.2) is 23.0 Å². The van der Waals surface area contributed by atoms with Crippen LogP contribution in [0.25, 0.3) is 0 Å².